The molecule has 1 aliphatic rings. The van der Waals surface area contributed by atoms with Crippen LogP contribution in [0.4, 0.5) is 28.4 Å². The molecule has 250 valence electrons. The number of allylic oxidation sites excluding steroid dienone is 1. The van der Waals surface area contributed by atoms with Crippen LogP contribution < -0.4 is 9.80 Å². The highest BCUT2D eigenvalue weighted by molar-refractivity contribution is 5.77. The van der Waals surface area contributed by atoms with Crippen molar-refractivity contribution < 1.29 is 0 Å². The Morgan fingerprint density at radius 3 is 1.35 bits per heavy atom. The molecular weight excluding hydrogens is 593 g/mol. The Balaban J connectivity index is 1.31. The SMILES string of the molecule is C=CCC(/C=C\CC1(c2ccc(N(c3ccc(C)cc3)c3ccc(C)cc3)cc2)CCCCC1)N(c1ccc(C)cc1)c1ccc(C)cc1. The van der Waals surface area contributed by atoms with E-state index in [2.05, 4.69) is 184 Å². The zero-order chi connectivity index (χ0) is 34.2. The average molecular weight is 645 g/mol. The predicted molar refractivity (Wildman–Crippen MR) is 212 cm³/mol. The van der Waals surface area contributed by atoms with Gasteiger partial charge in [-0.3, -0.25) is 0 Å². The molecule has 0 amide bonds. The van der Waals surface area contributed by atoms with E-state index in [0.717, 1.165) is 12.8 Å². The van der Waals surface area contributed by atoms with Gasteiger partial charge in [-0.1, -0.05) is 120 Å². The molecule has 1 saturated carbocycles. The van der Waals surface area contributed by atoms with E-state index in [1.165, 1.54) is 88.4 Å². The minimum absolute atomic E-state index is 0.142. The van der Waals surface area contributed by atoms with Crippen molar-refractivity contribution in [3.05, 3.63) is 174 Å². The first-order chi connectivity index (χ1) is 23.8. The van der Waals surface area contributed by atoms with Crippen LogP contribution in [0.3, 0.4) is 0 Å². The maximum Gasteiger partial charge on any atom is 0.0556 e. The Morgan fingerprint density at radius 2 is 0.939 bits per heavy atom. The van der Waals surface area contributed by atoms with Crippen molar-refractivity contribution in [3.8, 4) is 0 Å². The molecule has 0 bridgehead atoms. The lowest BCUT2D eigenvalue weighted by molar-refractivity contribution is 0.295. The van der Waals surface area contributed by atoms with Crippen molar-refractivity contribution in [1.29, 1.82) is 0 Å². The highest BCUT2D eigenvalue weighted by atomic mass is 15.2. The molecule has 1 atom stereocenters. The maximum absolute atomic E-state index is 4.17. The van der Waals surface area contributed by atoms with Gasteiger partial charge in [0.2, 0.25) is 0 Å². The van der Waals surface area contributed by atoms with Gasteiger partial charge < -0.3 is 9.80 Å². The third-order valence-corrected chi connectivity index (χ3v) is 10.4. The van der Waals surface area contributed by atoms with Gasteiger partial charge in [-0.05, 0) is 125 Å². The second-order valence-electron chi connectivity index (χ2n) is 14.2. The van der Waals surface area contributed by atoms with Gasteiger partial charge in [-0.25, -0.2) is 0 Å². The van der Waals surface area contributed by atoms with Crippen molar-refractivity contribution in [2.45, 2.75) is 84.1 Å². The van der Waals surface area contributed by atoms with Crippen LogP contribution in [0.1, 0.15) is 72.8 Å². The van der Waals surface area contributed by atoms with Gasteiger partial charge in [0.1, 0.15) is 0 Å². The number of rotatable bonds is 12. The molecule has 1 aliphatic carbocycles. The van der Waals surface area contributed by atoms with E-state index in [0.29, 0.717) is 0 Å². The minimum Gasteiger partial charge on any atom is -0.334 e. The first-order valence-corrected chi connectivity index (χ1v) is 18.1. The van der Waals surface area contributed by atoms with Gasteiger partial charge in [-0.15, -0.1) is 6.58 Å². The Kier molecular flexibility index (Phi) is 10.8. The number of hydrogen-bond donors (Lipinski definition) is 0. The largest absolute Gasteiger partial charge is 0.334 e. The smallest absolute Gasteiger partial charge is 0.0556 e. The van der Waals surface area contributed by atoms with Crippen LogP contribution in [0.25, 0.3) is 0 Å². The quantitative estimate of drug-likeness (QED) is 0.125. The Bertz CT molecular complexity index is 1710. The molecule has 0 spiro atoms. The van der Waals surface area contributed by atoms with Gasteiger partial charge in [0, 0.05) is 28.4 Å². The fourth-order valence-electron chi connectivity index (χ4n) is 7.47. The van der Waals surface area contributed by atoms with E-state index in [1.54, 1.807) is 0 Å². The Hall–Kier alpha value is -4.82. The molecule has 0 aromatic heterocycles. The molecule has 6 rings (SSSR count). The Labute approximate surface area is 295 Å². The van der Waals surface area contributed by atoms with Crippen LogP contribution in [-0.2, 0) is 5.41 Å². The third kappa shape index (κ3) is 8.08. The minimum atomic E-state index is 0.142. The van der Waals surface area contributed by atoms with Crippen LogP contribution in [0.2, 0.25) is 0 Å². The second kappa shape index (κ2) is 15.6. The molecule has 2 nitrogen and oxygen atoms in total. The lowest BCUT2D eigenvalue weighted by Gasteiger charge is -2.38. The summed E-state index contributed by atoms with van der Waals surface area (Å²) >= 11 is 0. The predicted octanol–water partition coefficient (Wildman–Crippen LogP) is 13.3. The van der Waals surface area contributed by atoms with Crippen LogP contribution in [-0.4, -0.2) is 6.04 Å². The highest BCUT2D eigenvalue weighted by Crippen LogP contribution is 2.44. The molecule has 1 unspecified atom stereocenters. The summed E-state index contributed by atoms with van der Waals surface area (Å²) in [5, 5.41) is 0. The molecular formula is C47H52N2. The van der Waals surface area contributed by atoms with Crippen LogP contribution in [0.5, 0.6) is 0 Å². The van der Waals surface area contributed by atoms with E-state index in [4.69, 9.17) is 0 Å². The summed E-state index contributed by atoms with van der Waals surface area (Å²) in [5.74, 6) is 0. The summed E-state index contributed by atoms with van der Waals surface area (Å²) in [4.78, 5) is 4.85. The molecule has 5 aromatic rings. The van der Waals surface area contributed by atoms with E-state index >= 15 is 0 Å². The van der Waals surface area contributed by atoms with E-state index in [-0.39, 0.29) is 11.5 Å². The van der Waals surface area contributed by atoms with Crippen LogP contribution in [0, 0.1) is 27.7 Å². The zero-order valence-electron chi connectivity index (χ0n) is 29.9. The lowest BCUT2D eigenvalue weighted by Crippen LogP contribution is -2.30. The summed E-state index contributed by atoms with van der Waals surface area (Å²) in [6.07, 6.45) is 15.2. The first kappa shape index (κ1) is 34.1. The zero-order valence-corrected chi connectivity index (χ0v) is 29.9. The summed E-state index contributed by atoms with van der Waals surface area (Å²) in [6, 6.07) is 45.2. The van der Waals surface area contributed by atoms with E-state index in [9.17, 15) is 0 Å². The number of hydrogen-bond acceptors (Lipinski definition) is 2. The molecule has 0 saturated heterocycles. The molecule has 0 N–H and O–H groups in total. The van der Waals surface area contributed by atoms with E-state index in [1.807, 2.05) is 0 Å². The molecule has 2 heteroatoms. The normalized spacial score (nSPS) is 14.8. The Morgan fingerprint density at radius 1 is 0.551 bits per heavy atom. The lowest BCUT2D eigenvalue weighted by atomic mass is 9.67. The molecule has 0 radical (unpaired) electrons. The second-order valence-corrected chi connectivity index (χ2v) is 14.2. The van der Waals surface area contributed by atoms with Crippen molar-refractivity contribution in [1.82, 2.24) is 0 Å². The molecule has 49 heavy (non-hydrogen) atoms. The van der Waals surface area contributed by atoms with Crippen LogP contribution in [0.15, 0.2) is 146 Å². The third-order valence-electron chi connectivity index (χ3n) is 10.4. The number of nitrogens with zero attached hydrogens (tertiary/aromatic N) is 2. The monoisotopic (exact) mass is 644 g/mol. The highest BCUT2D eigenvalue weighted by Gasteiger charge is 2.33. The van der Waals surface area contributed by atoms with Crippen molar-refractivity contribution in [2.24, 2.45) is 0 Å². The van der Waals surface area contributed by atoms with Crippen molar-refractivity contribution in [2.75, 3.05) is 9.80 Å². The van der Waals surface area contributed by atoms with Crippen molar-refractivity contribution in [3.63, 3.8) is 0 Å². The van der Waals surface area contributed by atoms with Gasteiger partial charge in [-0.2, -0.15) is 0 Å². The van der Waals surface area contributed by atoms with E-state index < -0.39 is 0 Å². The summed E-state index contributed by atoms with van der Waals surface area (Å²) < 4.78 is 0. The molecule has 1 fully saturated rings. The maximum atomic E-state index is 4.17. The van der Waals surface area contributed by atoms with Crippen molar-refractivity contribution >= 4 is 28.4 Å². The van der Waals surface area contributed by atoms with Gasteiger partial charge in [0.05, 0.1) is 6.04 Å². The standard InChI is InChI=1S/C47H52N2/c1-6-11-41(48(42-23-13-36(2)14-24-42)43-25-15-37(3)16-26-43)12-10-35-47(33-8-7-9-34-47)40-21-31-46(32-22-40)49(44-27-17-38(4)18-28-44)45-29-19-39(5)20-30-45/h6,10,12-32,41H,1,7-9,11,33-35H2,2-5H3/b12-10-. The number of anilines is 5. The summed E-state index contributed by atoms with van der Waals surface area (Å²) in [5.41, 5.74) is 12.7. The van der Waals surface area contributed by atoms with Gasteiger partial charge in [0.15, 0.2) is 0 Å². The molecule has 0 heterocycles. The molecule has 0 aliphatic heterocycles. The van der Waals surface area contributed by atoms with Gasteiger partial charge in [0.25, 0.3) is 0 Å². The molecule has 5 aromatic carbocycles. The fourth-order valence-corrected chi connectivity index (χ4v) is 7.47. The first-order valence-electron chi connectivity index (χ1n) is 18.1. The summed E-state index contributed by atoms with van der Waals surface area (Å²) in [6.45, 7) is 12.8. The number of benzene rings is 5. The average Bonchev–Trinajstić information content (AvgIpc) is 3.12. The van der Waals surface area contributed by atoms with Gasteiger partial charge >= 0.3 is 0 Å². The van der Waals surface area contributed by atoms with Crippen LogP contribution >= 0.6 is 0 Å². The fraction of sp³-hybridized carbons (Fsp3) is 0.277. The summed E-state index contributed by atoms with van der Waals surface area (Å²) in [7, 11) is 0. The topological polar surface area (TPSA) is 6.48 Å². The number of aryl methyl sites for hydroxylation is 4.